The van der Waals surface area contributed by atoms with E-state index in [1.54, 1.807) is 0 Å². The number of pyridine rings is 1. The predicted molar refractivity (Wildman–Crippen MR) is 116 cm³/mol. The van der Waals surface area contributed by atoms with E-state index in [1.807, 2.05) is 25.1 Å². The van der Waals surface area contributed by atoms with Gasteiger partial charge < -0.3 is 0 Å². The molecule has 0 aliphatic heterocycles. The molecule has 3 heterocycles. The maximum absolute atomic E-state index is 4.85. The number of imidazole rings is 1. The molecule has 5 aromatic rings. The Bertz CT molecular complexity index is 1330. The van der Waals surface area contributed by atoms with Gasteiger partial charge in [0.05, 0.1) is 0 Å². The Morgan fingerprint density at radius 3 is 2.40 bits per heavy atom. The first-order valence-electron chi connectivity index (χ1n) is 9.95. The third kappa shape index (κ3) is 2.95. The van der Waals surface area contributed by atoms with Gasteiger partial charge in [0.1, 0.15) is 11.3 Å². The largest absolute Gasteiger partial charge is 0.281 e. The highest BCUT2D eigenvalue weighted by Crippen LogP contribution is 2.31. The van der Waals surface area contributed by atoms with Crippen LogP contribution in [0.15, 0.2) is 54.6 Å². The number of aryl methyl sites for hydroxylation is 3. The molecule has 30 heavy (non-hydrogen) atoms. The van der Waals surface area contributed by atoms with Gasteiger partial charge in [-0.3, -0.25) is 4.57 Å². The van der Waals surface area contributed by atoms with Crippen molar-refractivity contribution < 1.29 is 0 Å². The molecule has 0 saturated carbocycles. The van der Waals surface area contributed by atoms with Crippen molar-refractivity contribution in [2.24, 2.45) is 0 Å². The van der Waals surface area contributed by atoms with Crippen LogP contribution in [0.2, 0.25) is 0 Å². The highest BCUT2D eigenvalue weighted by molar-refractivity contribution is 5.81. The molecular weight excluding hydrogens is 374 g/mol. The van der Waals surface area contributed by atoms with Gasteiger partial charge in [0.25, 0.3) is 0 Å². The number of rotatable bonds is 4. The van der Waals surface area contributed by atoms with Crippen molar-refractivity contribution in [2.45, 2.75) is 27.2 Å². The summed E-state index contributed by atoms with van der Waals surface area (Å²) in [5.41, 5.74) is 8.14. The van der Waals surface area contributed by atoms with E-state index in [2.05, 4.69) is 75.4 Å². The summed E-state index contributed by atoms with van der Waals surface area (Å²) < 4.78 is 2.16. The second-order valence-electron chi connectivity index (χ2n) is 7.30. The lowest BCUT2D eigenvalue weighted by molar-refractivity contribution is 0.881. The van der Waals surface area contributed by atoms with E-state index in [0.717, 1.165) is 57.0 Å². The van der Waals surface area contributed by atoms with E-state index >= 15 is 0 Å². The number of tetrazole rings is 1. The number of hydrogen-bond acceptors (Lipinski definition) is 5. The molecule has 2 aromatic carbocycles. The number of aromatic amines is 1. The quantitative estimate of drug-likeness (QED) is 0.486. The summed E-state index contributed by atoms with van der Waals surface area (Å²) >= 11 is 0. The monoisotopic (exact) mass is 395 g/mol. The van der Waals surface area contributed by atoms with E-state index in [4.69, 9.17) is 9.97 Å². The minimum atomic E-state index is 0.582. The number of nitrogens with zero attached hydrogens (tertiary/aromatic N) is 6. The van der Waals surface area contributed by atoms with Crippen LogP contribution < -0.4 is 0 Å². The van der Waals surface area contributed by atoms with Crippen LogP contribution in [0.5, 0.6) is 0 Å². The number of H-pyrrole nitrogens is 1. The Labute approximate surface area is 173 Å². The third-order valence-corrected chi connectivity index (χ3v) is 5.27. The van der Waals surface area contributed by atoms with Crippen molar-refractivity contribution >= 4 is 11.2 Å². The molecule has 0 saturated heterocycles. The smallest absolute Gasteiger partial charge is 0.205 e. The van der Waals surface area contributed by atoms with Gasteiger partial charge in [-0.25, -0.2) is 9.97 Å². The molecule has 5 rings (SSSR count). The zero-order valence-corrected chi connectivity index (χ0v) is 17.1. The predicted octanol–water partition coefficient (Wildman–Crippen LogP) is 4.45. The van der Waals surface area contributed by atoms with Crippen molar-refractivity contribution in [1.82, 2.24) is 35.2 Å². The number of nitrogens with one attached hydrogen (secondary N) is 1. The molecule has 0 spiro atoms. The van der Waals surface area contributed by atoms with E-state index < -0.39 is 0 Å². The van der Waals surface area contributed by atoms with Crippen molar-refractivity contribution in [2.75, 3.05) is 0 Å². The molecule has 7 nitrogen and oxygen atoms in total. The summed E-state index contributed by atoms with van der Waals surface area (Å²) in [6, 6.07) is 18.6. The highest BCUT2D eigenvalue weighted by Gasteiger charge is 2.16. The lowest BCUT2D eigenvalue weighted by Gasteiger charge is -2.11. The van der Waals surface area contributed by atoms with Crippen LogP contribution >= 0.6 is 0 Å². The molecule has 0 radical (unpaired) electrons. The SMILES string of the molecule is CCc1nc2c(C)cc(C)nc2n1-c1ccc(-c2ccccc2-c2nn[nH]n2)cc1. The van der Waals surface area contributed by atoms with Crippen LogP contribution in [0, 0.1) is 13.8 Å². The molecular formula is C23H21N7. The topological polar surface area (TPSA) is 85.2 Å². The van der Waals surface area contributed by atoms with Crippen LogP contribution in [-0.2, 0) is 6.42 Å². The van der Waals surface area contributed by atoms with Gasteiger partial charge in [0.15, 0.2) is 5.65 Å². The van der Waals surface area contributed by atoms with Crippen molar-refractivity contribution in [3.8, 4) is 28.2 Å². The number of benzene rings is 2. The van der Waals surface area contributed by atoms with Crippen molar-refractivity contribution in [1.29, 1.82) is 0 Å². The fraction of sp³-hybridized carbons (Fsp3) is 0.174. The van der Waals surface area contributed by atoms with Crippen LogP contribution in [0.1, 0.15) is 24.0 Å². The van der Waals surface area contributed by atoms with Crippen molar-refractivity contribution in [3.05, 3.63) is 71.7 Å². The lowest BCUT2D eigenvalue weighted by atomic mass is 9.99. The molecule has 0 aliphatic carbocycles. The van der Waals surface area contributed by atoms with Gasteiger partial charge in [-0.15, -0.1) is 10.2 Å². The number of aromatic nitrogens is 7. The minimum absolute atomic E-state index is 0.582. The molecule has 3 aromatic heterocycles. The first-order chi connectivity index (χ1) is 14.7. The van der Waals surface area contributed by atoms with Crippen LogP contribution in [0.25, 0.3) is 39.4 Å². The average Bonchev–Trinajstić information content (AvgIpc) is 3.42. The maximum Gasteiger partial charge on any atom is 0.205 e. The van der Waals surface area contributed by atoms with Crippen LogP contribution in [-0.4, -0.2) is 35.2 Å². The molecule has 7 heteroatoms. The van der Waals surface area contributed by atoms with Gasteiger partial charge in [-0.2, -0.15) is 5.21 Å². The molecule has 148 valence electrons. The molecule has 1 N–H and O–H groups in total. The zero-order valence-electron chi connectivity index (χ0n) is 17.1. The molecule has 0 aliphatic rings. The van der Waals surface area contributed by atoms with Gasteiger partial charge in [0.2, 0.25) is 5.82 Å². The highest BCUT2D eigenvalue weighted by atomic mass is 15.5. The summed E-state index contributed by atoms with van der Waals surface area (Å²) in [6.07, 6.45) is 0.831. The number of fused-ring (bicyclic) bond motifs is 1. The van der Waals surface area contributed by atoms with Crippen molar-refractivity contribution in [3.63, 3.8) is 0 Å². The molecule has 0 fully saturated rings. The van der Waals surface area contributed by atoms with E-state index in [9.17, 15) is 0 Å². The van der Waals surface area contributed by atoms with Crippen LogP contribution in [0.4, 0.5) is 0 Å². The maximum atomic E-state index is 4.85. The summed E-state index contributed by atoms with van der Waals surface area (Å²) in [4.78, 5) is 9.63. The van der Waals surface area contributed by atoms with Gasteiger partial charge in [-0.05, 0) is 54.0 Å². The van der Waals surface area contributed by atoms with Crippen LogP contribution in [0.3, 0.4) is 0 Å². The second-order valence-corrected chi connectivity index (χ2v) is 7.30. The fourth-order valence-electron chi connectivity index (χ4n) is 3.91. The molecule has 0 atom stereocenters. The summed E-state index contributed by atoms with van der Waals surface area (Å²) in [7, 11) is 0. The Balaban J connectivity index is 1.63. The number of hydrogen-bond donors (Lipinski definition) is 1. The van der Waals surface area contributed by atoms with Gasteiger partial charge in [-0.1, -0.05) is 43.3 Å². The Morgan fingerprint density at radius 1 is 0.933 bits per heavy atom. The Kier molecular flexibility index (Phi) is 4.35. The van der Waals surface area contributed by atoms with E-state index in [0.29, 0.717) is 5.82 Å². The molecule has 0 amide bonds. The van der Waals surface area contributed by atoms with E-state index in [1.165, 1.54) is 0 Å². The van der Waals surface area contributed by atoms with Gasteiger partial charge in [0, 0.05) is 23.4 Å². The summed E-state index contributed by atoms with van der Waals surface area (Å²) in [5, 5.41) is 14.5. The molecule has 0 unspecified atom stereocenters. The average molecular weight is 395 g/mol. The first-order valence-corrected chi connectivity index (χ1v) is 9.95. The lowest BCUT2D eigenvalue weighted by Crippen LogP contribution is -2.01. The normalized spacial score (nSPS) is 11.3. The summed E-state index contributed by atoms with van der Waals surface area (Å²) in [6.45, 7) is 6.23. The molecule has 0 bridgehead atoms. The summed E-state index contributed by atoms with van der Waals surface area (Å²) in [5.74, 6) is 1.59. The third-order valence-electron chi connectivity index (χ3n) is 5.27. The fourth-order valence-corrected chi connectivity index (χ4v) is 3.91. The zero-order chi connectivity index (χ0) is 20.7. The second kappa shape index (κ2) is 7.18. The first kappa shape index (κ1) is 18.2. The van der Waals surface area contributed by atoms with E-state index in [-0.39, 0.29) is 0 Å². The Morgan fingerprint density at radius 2 is 1.70 bits per heavy atom. The standard InChI is InChI=1S/C23H21N7/c1-4-20-25-21-14(2)13-15(3)24-23(21)30(20)17-11-9-16(10-12-17)18-7-5-6-8-19(18)22-26-28-29-27-22/h5-13H,4H2,1-3H3,(H,26,27,28,29). The van der Waals surface area contributed by atoms with Gasteiger partial charge >= 0.3 is 0 Å². The Hall–Kier alpha value is -3.87. The minimum Gasteiger partial charge on any atom is -0.281 e.